The van der Waals surface area contributed by atoms with Gasteiger partial charge in [0.25, 0.3) is 11.5 Å². The van der Waals surface area contributed by atoms with Crippen LogP contribution >= 0.6 is 24.0 Å². The Morgan fingerprint density at radius 1 is 1.34 bits per heavy atom. The van der Waals surface area contributed by atoms with Crippen molar-refractivity contribution in [1.82, 2.24) is 14.3 Å². The maximum Gasteiger partial charge on any atom is 0.267 e. The van der Waals surface area contributed by atoms with Crippen molar-refractivity contribution < 1.29 is 14.3 Å². The van der Waals surface area contributed by atoms with E-state index in [0.717, 1.165) is 17.3 Å². The molecule has 0 radical (unpaired) electrons. The fourth-order valence-corrected chi connectivity index (χ4v) is 4.58. The van der Waals surface area contributed by atoms with Crippen molar-refractivity contribution in [2.75, 3.05) is 11.9 Å². The maximum atomic E-state index is 13.4. The van der Waals surface area contributed by atoms with Crippen LogP contribution in [0, 0.1) is 6.92 Å². The predicted molar refractivity (Wildman–Crippen MR) is 128 cm³/mol. The van der Waals surface area contributed by atoms with Crippen molar-refractivity contribution in [1.29, 1.82) is 0 Å². The number of rotatable bonds is 7. The summed E-state index contributed by atoms with van der Waals surface area (Å²) in [6.07, 6.45) is 5.34. The summed E-state index contributed by atoms with van der Waals surface area (Å²) in [4.78, 5) is 32.8. The van der Waals surface area contributed by atoms with Gasteiger partial charge in [0, 0.05) is 6.20 Å². The zero-order valence-electron chi connectivity index (χ0n) is 17.6. The normalized spacial score (nSPS) is 16.3. The lowest BCUT2D eigenvalue weighted by Crippen LogP contribution is -2.28. The highest BCUT2D eigenvalue weighted by molar-refractivity contribution is 8.26. The second-order valence-electron chi connectivity index (χ2n) is 7.34. The molecule has 1 aliphatic rings. The van der Waals surface area contributed by atoms with Gasteiger partial charge in [0.15, 0.2) is 0 Å². The molecule has 0 spiro atoms. The highest BCUT2D eigenvalue weighted by Gasteiger charge is 2.33. The number of thiocarbonyl (C=S) groups is 1. The molecular weight excluding hydrogens is 448 g/mol. The number of fused-ring (bicyclic) bond motifs is 1. The van der Waals surface area contributed by atoms with E-state index in [9.17, 15) is 14.7 Å². The summed E-state index contributed by atoms with van der Waals surface area (Å²) in [6.45, 7) is 3.90. The molecule has 0 aromatic carbocycles. The highest BCUT2D eigenvalue weighted by Crippen LogP contribution is 2.34. The molecule has 8 nitrogen and oxygen atoms in total. The molecular formula is C22H22N4O4S2. The largest absolute Gasteiger partial charge is 0.467 e. The standard InChI is InChI=1S/C22H22N4O4S2/c1-3-14(12-27)23-18-16(20(28)25-8-4-6-13(2)19(25)24-18)10-17-21(29)26(22(31)32-17)11-15-7-5-9-30-15/h4-10,14,23,27H,3,11-12H2,1-2H3/b17-10-/t14-/m0/s1. The number of hydrogen-bond donors (Lipinski definition) is 2. The molecule has 2 N–H and O–H groups in total. The van der Waals surface area contributed by atoms with Crippen LogP contribution in [-0.2, 0) is 11.3 Å². The molecule has 1 saturated heterocycles. The van der Waals surface area contributed by atoms with Gasteiger partial charge in [0.2, 0.25) is 0 Å². The molecule has 4 heterocycles. The van der Waals surface area contributed by atoms with Crippen LogP contribution in [0.4, 0.5) is 5.82 Å². The molecule has 0 aliphatic carbocycles. The first-order chi connectivity index (χ1) is 15.4. The van der Waals surface area contributed by atoms with Crippen LogP contribution in [0.2, 0.25) is 0 Å². The lowest BCUT2D eigenvalue weighted by molar-refractivity contribution is -0.122. The lowest BCUT2D eigenvalue weighted by Gasteiger charge is -2.17. The van der Waals surface area contributed by atoms with Crippen LogP contribution in [0.5, 0.6) is 0 Å². The fourth-order valence-electron chi connectivity index (χ4n) is 3.35. The van der Waals surface area contributed by atoms with Crippen LogP contribution < -0.4 is 10.9 Å². The average molecular weight is 471 g/mol. The molecule has 4 rings (SSSR count). The van der Waals surface area contributed by atoms with Crippen molar-refractivity contribution in [3.8, 4) is 0 Å². The number of aliphatic hydroxyl groups is 1. The van der Waals surface area contributed by atoms with E-state index in [-0.39, 0.29) is 36.2 Å². The molecule has 3 aromatic rings. The number of pyridine rings is 1. The first-order valence-electron chi connectivity index (χ1n) is 10.1. The van der Waals surface area contributed by atoms with Gasteiger partial charge in [-0.3, -0.25) is 18.9 Å². The molecule has 10 heteroatoms. The van der Waals surface area contributed by atoms with Gasteiger partial charge in [0.05, 0.1) is 35.9 Å². The number of anilines is 1. The molecule has 0 bridgehead atoms. The number of aromatic nitrogens is 2. The van der Waals surface area contributed by atoms with Gasteiger partial charge < -0.3 is 14.8 Å². The zero-order chi connectivity index (χ0) is 22.8. The summed E-state index contributed by atoms with van der Waals surface area (Å²) >= 11 is 6.52. The molecule has 0 saturated carbocycles. The van der Waals surface area contributed by atoms with E-state index in [1.807, 2.05) is 19.9 Å². The van der Waals surface area contributed by atoms with Gasteiger partial charge in [-0.15, -0.1) is 0 Å². The van der Waals surface area contributed by atoms with E-state index in [1.54, 1.807) is 24.4 Å². The molecule has 1 aliphatic heterocycles. The Balaban J connectivity index is 1.79. The lowest BCUT2D eigenvalue weighted by atomic mass is 10.2. The smallest absolute Gasteiger partial charge is 0.267 e. The highest BCUT2D eigenvalue weighted by atomic mass is 32.2. The number of thioether (sulfide) groups is 1. The van der Waals surface area contributed by atoms with Crippen molar-refractivity contribution in [2.24, 2.45) is 0 Å². The Kier molecular flexibility index (Phi) is 6.45. The van der Waals surface area contributed by atoms with Gasteiger partial charge in [-0.1, -0.05) is 37.0 Å². The Morgan fingerprint density at radius 2 is 2.16 bits per heavy atom. The van der Waals surface area contributed by atoms with Gasteiger partial charge >= 0.3 is 0 Å². The zero-order valence-corrected chi connectivity index (χ0v) is 19.2. The van der Waals surface area contributed by atoms with Crippen molar-refractivity contribution in [3.63, 3.8) is 0 Å². The number of nitrogens with zero attached hydrogens (tertiary/aromatic N) is 3. The first-order valence-corrected chi connectivity index (χ1v) is 11.3. The summed E-state index contributed by atoms with van der Waals surface area (Å²) in [5, 5.41) is 12.8. The van der Waals surface area contributed by atoms with Gasteiger partial charge in [-0.05, 0) is 43.2 Å². The fraction of sp³-hybridized carbons (Fsp3) is 0.273. The summed E-state index contributed by atoms with van der Waals surface area (Å²) in [5.74, 6) is 0.633. The minimum atomic E-state index is -0.315. The van der Waals surface area contributed by atoms with Crippen LogP contribution in [0.1, 0.15) is 30.2 Å². The number of carbonyl (C=O) groups is 1. The third kappa shape index (κ3) is 4.21. The number of amides is 1. The molecule has 3 aromatic heterocycles. The van der Waals surface area contributed by atoms with E-state index in [4.69, 9.17) is 16.6 Å². The molecule has 1 fully saturated rings. The predicted octanol–water partition coefficient (Wildman–Crippen LogP) is 3.18. The molecule has 0 unspecified atom stereocenters. The Hall–Kier alpha value is -2.95. The van der Waals surface area contributed by atoms with Crippen molar-refractivity contribution in [2.45, 2.75) is 32.9 Å². The number of hydrogen-bond acceptors (Lipinski definition) is 8. The number of nitrogens with one attached hydrogen (secondary N) is 1. The summed E-state index contributed by atoms with van der Waals surface area (Å²) < 4.78 is 7.17. The molecule has 32 heavy (non-hydrogen) atoms. The van der Waals surface area contributed by atoms with Crippen LogP contribution in [0.3, 0.4) is 0 Å². The topological polar surface area (TPSA) is 100 Å². The van der Waals surface area contributed by atoms with E-state index in [1.165, 1.54) is 21.6 Å². The minimum Gasteiger partial charge on any atom is -0.467 e. The third-order valence-corrected chi connectivity index (χ3v) is 6.56. The summed E-state index contributed by atoms with van der Waals surface area (Å²) in [5.41, 5.74) is 1.26. The SMILES string of the molecule is CC[C@@H](CO)Nc1nc2c(C)cccn2c(=O)c1/C=C1\SC(=S)N(Cc2ccco2)C1=O. The van der Waals surface area contributed by atoms with Crippen LogP contribution in [-0.4, -0.2) is 42.3 Å². The van der Waals surface area contributed by atoms with E-state index in [0.29, 0.717) is 32.9 Å². The van der Waals surface area contributed by atoms with Crippen LogP contribution in [0.25, 0.3) is 11.7 Å². The molecule has 1 amide bonds. The maximum absolute atomic E-state index is 13.4. The number of aliphatic hydroxyl groups excluding tert-OH is 1. The van der Waals surface area contributed by atoms with Gasteiger partial charge in [-0.25, -0.2) is 4.98 Å². The van der Waals surface area contributed by atoms with Crippen molar-refractivity contribution >= 4 is 51.7 Å². The first kappa shape index (κ1) is 22.3. The van der Waals surface area contributed by atoms with E-state index >= 15 is 0 Å². The third-order valence-electron chi connectivity index (χ3n) is 5.18. The van der Waals surface area contributed by atoms with E-state index in [2.05, 4.69) is 10.3 Å². The van der Waals surface area contributed by atoms with Gasteiger partial charge in [0.1, 0.15) is 21.5 Å². The second kappa shape index (κ2) is 9.27. The van der Waals surface area contributed by atoms with Crippen LogP contribution in [0.15, 0.2) is 50.8 Å². The Morgan fingerprint density at radius 3 is 2.84 bits per heavy atom. The van der Waals surface area contributed by atoms with Gasteiger partial charge in [-0.2, -0.15) is 0 Å². The number of aryl methyl sites for hydroxylation is 1. The second-order valence-corrected chi connectivity index (χ2v) is 9.02. The van der Waals surface area contributed by atoms with E-state index < -0.39 is 0 Å². The quantitative estimate of drug-likeness (QED) is 0.401. The number of carbonyl (C=O) groups excluding carboxylic acids is 1. The summed E-state index contributed by atoms with van der Waals surface area (Å²) in [6, 6.07) is 6.87. The Labute approximate surface area is 193 Å². The molecule has 1 atom stereocenters. The summed E-state index contributed by atoms with van der Waals surface area (Å²) in [7, 11) is 0. The number of furan rings is 1. The molecule has 166 valence electrons. The monoisotopic (exact) mass is 470 g/mol. The Bertz CT molecular complexity index is 1260. The minimum absolute atomic E-state index is 0.115. The van der Waals surface area contributed by atoms with Crippen molar-refractivity contribution in [3.05, 3.63) is 68.9 Å². The average Bonchev–Trinajstić information content (AvgIpc) is 3.39.